The Bertz CT molecular complexity index is 375. The fraction of sp³-hybridized carbons (Fsp3) is 0.846. The van der Waals surface area contributed by atoms with Gasteiger partial charge in [0.25, 0.3) is 0 Å². The van der Waals surface area contributed by atoms with Crippen molar-refractivity contribution in [2.75, 3.05) is 0 Å². The molecule has 2 rings (SSSR count). The first-order chi connectivity index (χ1) is 8.01. The van der Waals surface area contributed by atoms with E-state index in [1.165, 1.54) is 6.42 Å². The third-order valence-electron chi connectivity index (χ3n) is 3.87. The number of hydrogen-bond acceptors (Lipinski definition) is 4. The van der Waals surface area contributed by atoms with Crippen LogP contribution in [-0.4, -0.2) is 20.8 Å². The van der Waals surface area contributed by atoms with E-state index in [0.29, 0.717) is 18.2 Å². The van der Waals surface area contributed by atoms with Gasteiger partial charge in [0.1, 0.15) is 0 Å². The first-order valence-corrected chi connectivity index (χ1v) is 6.56. The number of rotatable bonds is 3. The van der Waals surface area contributed by atoms with Crippen molar-refractivity contribution in [2.24, 2.45) is 5.92 Å². The molecule has 0 saturated heterocycles. The summed E-state index contributed by atoms with van der Waals surface area (Å²) in [6, 6.07) is 0. The van der Waals surface area contributed by atoms with E-state index in [0.717, 1.165) is 25.1 Å². The fourth-order valence-corrected chi connectivity index (χ4v) is 2.50. The molecule has 1 saturated carbocycles. The maximum Gasteiger partial charge on any atom is 0.229 e. The van der Waals surface area contributed by atoms with Gasteiger partial charge in [0, 0.05) is 5.92 Å². The molecule has 0 aromatic carbocycles. The van der Waals surface area contributed by atoms with Gasteiger partial charge in [0.2, 0.25) is 5.89 Å². The molecule has 0 radical (unpaired) electrons. The van der Waals surface area contributed by atoms with Gasteiger partial charge in [-0.3, -0.25) is 0 Å². The van der Waals surface area contributed by atoms with Crippen molar-refractivity contribution in [1.29, 1.82) is 0 Å². The zero-order valence-corrected chi connectivity index (χ0v) is 10.9. The maximum atomic E-state index is 10.6. The lowest BCUT2D eigenvalue weighted by Crippen LogP contribution is -2.41. The minimum atomic E-state index is -0.654. The third kappa shape index (κ3) is 2.68. The molecule has 1 aliphatic carbocycles. The highest BCUT2D eigenvalue weighted by molar-refractivity contribution is 4.99. The van der Waals surface area contributed by atoms with Crippen LogP contribution in [0.2, 0.25) is 0 Å². The van der Waals surface area contributed by atoms with Gasteiger partial charge in [0.15, 0.2) is 5.82 Å². The Morgan fingerprint density at radius 1 is 1.47 bits per heavy atom. The van der Waals surface area contributed by atoms with E-state index in [-0.39, 0.29) is 5.92 Å². The summed E-state index contributed by atoms with van der Waals surface area (Å²) in [5.41, 5.74) is -0.654. The van der Waals surface area contributed by atoms with E-state index in [1.54, 1.807) is 0 Å². The van der Waals surface area contributed by atoms with Crippen LogP contribution in [0.15, 0.2) is 4.52 Å². The molecule has 1 aromatic heterocycles. The first kappa shape index (κ1) is 12.6. The van der Waals surface area contributed by atoms with Crippen LogP contribution in [-0.2, 0) is 6.42 Å². The van der Waals surface area contributed by atoms with Gasteiger partial charge in [-0.15, -0.1) is 0 Å². The summed E-state index contributed by atoms with van der Waals surface area (Å²) in [4.78, 5) is 4.35. The molecule has 0 spiro atoms. The van der Waals surface area contributed by atoms with E-state index in [9.17, 15) is 5.11 Å². The van der Waals surface area contributed by atoms with Gasteiger partial charge >= 0.3 is 0 Å². The summed E-state index contributed by atoms with van der Waals surface area (Å²) in [7, 11) is 0. The highest BCUT2D eigenvalue weighted by atomic mass is 16.5. The number of hydrogen-bond donors (Lipinski definition) is 1. The van der Waals surface area contributed by atoms with Crippen LogP contribution in [0, 0.1) is 5.92 Å². The second-order valence-corrected chi connectivity index (χ2v) is 5.63. The number of nitrogens with zero attached hydrogens (tertiary/aromatic N) is 2. The predicted octanol–water partition coefficient (Wildman–Crippen LogP) is 2.68. The molecule has 0 amide bonds. The fourth-order valence-electron chi connectivity index (χ4n) is 2.50. The molecule has 96 valence electrons. The molecule has 17 heavy (non-hydrogen) atoms. The van der Waals surface area contributed by atoms with Gasteiger partial charge in [-0.1, -0.05) is 38.8 Å². The van der Waals surface area contributed by atoms with Gasteiger partial charge in [-0.05, 0) is 18.8 Å². The second-order valence-electron chi connectivity index (χ2n) is 5.63. The van der Waals surface area contributed by atoms with E-state index in [1.807, 2.05) is 13.8 Å². The molecular formula is C13H22N2O2. The number of aliphatic hydroxyl groups is 1. The lowest BCUT2D eigenvalue weighted by molar-refractivity contribution is -0.0456. The van der Waals surface area contributed by atoms with Crippen molar-refractivity contribution in [3.63, 3.8) is 0 Å². The summed E-state index contributed by atoms with van der Waals surface area (Å²) < 4.78 is 5.22. The normalized spacial score (nSPS) is 29.8. The summed E-state index contributed by atoms with van der Waals surface area (Å²) in [5, 5.41) is 14.6. The largest absolute Gasteiger partial charge is 0.389 e. The van der Waals surface area contributed by atoms with Gasteiger partial charge in [-0.25, -0.2) is 0 Å². The van der Waals surface area contributed by atoms with Gasteiger partial charge in [-0.2, -0.15) is 4.98 Å². The average Bonchev–Trinajstić information content (AvgIpc) is 2.71. The smallest absolute Gasteiger partial charge is 0.229 e. The topological polar surface area (TPSA) is 59.2 Å². The van der Waals surface area contributed by atoms with Crippen LogP contribution in [0.5, 0.6) is 0 Å². The SMILES string of the molecule is CC(C)c1noc(C[C@@]2(O)CCCC[C@@H]2C)n1. The summed E-state index contributed by atoms with van der Waals surface area (Å²) in [5.74, 6) is 1.88. The molecular weight excluding hydrogens is 216 g/mol. The van der Waals surface area contributed by atoms with Gasteiger partial charge in [0.05, 0.1) is 12.0 Å². The van der Waals surface area contributed by atoms with E-state index >= 15 is 0 Å². The van der Waals surface area contributed by atoms with E-state index in [4.69, 9.17) is 4.52 Å². The van der Waals surface area contributed by atoms with E-state index in [2.05, 4.69) is 17.1 Å². The molecule has 1 N–H and O–H groups in total. The number of aromatic nitrogens is 2. The zero-order chi connectivity index (χ0) is 12.5. The second kappa shape index (κ2) is 4.77. The van der Waals surface area contributed by atoms with E-state index < -0.39 is 5.60 Å². The average molecular weight is 238 g/mol. The highest BCUT2D eigenvalue weighted by Crippen LogP contribution is 2.35. The van der Waals surface area contributed by atoms with Crippen LogP contribution in [0.3, 0.4) is 0 Å². The molecule has 0 unspecified atom stereocenters. The Morgan fingerprint density at radius 2 is 2.24 bits per heavy atom. The third-order valence-corrected chi connectivity index (χ3v) is 3.87. The monoisotopic (exact) mass is 238 g/mol. The van der Waals surface area contributed by atoms with Crippen molar-refractivity contribution in [2.45, 2.75) is 64.4 Å². The highest BCUT2D eigenvalue weighted by Gasteiger charge is 2.37. The van der Waals surface area contributed by atoms with Gasteiger partial charge < -0.3 is 9.63 Å². The van der Waals surface area contributed by atoms with Crippen LogP contribution < -0.4 is 0 Å². The Hall–Kier alpha value is -0.900. The molecule has 4 heteroatoms. The maximum absolute atomic E-state index is 10.6. The molecule has 1 aliphatic rings. The molecule has 1 heterocycles. The minimum absolute atomic E-state index is 0.269. The van der Waals surface area contributed by atoms with Crippen molar-refractivity contribution in [1.82, 2.24) is 10.1 Å². The Kier molecular flexibility index (Phi) is 3.52. The lowest BCUT2D eigenvalue weighted by Gasteiger charge is -2.37. The Labute approximate surface area is 102 Å². The van der Waals surface area contributed by atoms with Crippen molar-refractivity contribution in [3.8, 4) is 0 Å². The predicted molar refractivity (Wildman–Crippen MR) is 64.7 cm³/mol. The Morgan fingerprint density at radius 3 is 2.82 bits per heavy atom. The summed E-state index contributed by atoms with van der Waals surface area (Å²) >= 11 is 0. The Balaban J connectivity index is 2.08. The summed E-state index contributed by atoms with van der Waals surface area (Å²) in [6.45, 7) is 6.18. The molecule has 0 aliphatic heterocycles. The lowest BCUT2D eigenvalue weighted by atomic mass is 9.74. The van der Waals surface area contributed by atoms with Crippen LogP contribution >= 0.6 is 0 Å². The van der Waals surface area contributed by atoms with Crippen molar-refractivity contribution < 1.29 is 9.63 Å². The van der Waals surface area contributed by atoms with Crippen molar-refractivity contribution in [3.05, 3.63) is 11.7 Å². The van der Waals surface area contributed by atoms with Crippen LogP contribution in [0.25, 0.3) is 0 Å². The minimum Gasteiger partial charge on any atom is -0.389 e. The standard InChI is InChI=1S/C13H22N2O2/c1-9(2)12-14-11(17-15-12)8-13(16)7-5-4-6-10(13)3/h9-10,16H,4-8H2,1-3H3/t10-,13-/m0/s1. The molecule has 1 fully saturated rings. The van der Waals surface area contributed by atoms with Crippen molar-refractivity contribution >= 4 is 0 Å². The zero-order valence-electron chi connectivity index (χ0n) is 10.9. The molecule has 4 nitrogen and oxygen atoms in total. The summed E-state index contributed by atoms with van der Waals surface area (Å²) in [6.07, 6.45) is 4.72. The van der Waals surface area contributed by atoms with Crippen LogP contribution in [0.4, 0.5) is 0 Å². The molecule has 0 bridgehead atoms. The molecule has 1 aromatic rings. The van der Waals surface area contributed by atoms with Crippen LogP contribution in [0.1, 0.15) is 64.1 Å². The first-order valence-electron chi connectivity index (χ1n) is 6.56. The molecule has 2 atom stereocenters. The quantitative estimate of drug-likeness (QED) is 0.879.